The van der Waals surface area contributed by atoms with Crippen molar-refractivity contribution in [2.75, 3.05) is 6.54 Å². The molecule has 1 atom stereocenters. The molecule has 2 aromatic rings. The summed E-state index contributed by atoms with van der Waals surface area (Å²) in [4.78, 5) is 15.5. The van der Waals surface area contributed by atoms with E-state index < -0.39 is 5.97 Å². The average molecular weight is 288 g/mol. The largest absolute Gasteiger partial charge is 0.478 e. The highest BCUT2D eigenvalue weighted by molar-refractivity contribution is 7.10. The van der Waals surface area contributed by atoms with Gasteiger partial charge in [0.2, 0.25) is 0 Å². The van der Waals surface area contributed by atoms with Crippen molar-refractivity contribution in [1.29, 1.82) is 0 Å². The summed E-state index contributed by atoms with van der Waals surface area (Å²) in [6.07, 6.45) is 3.64. The summed E-state index contributed by atoms with van der Waals surface area (Å²) in [6, 6.07) is 7.25. The lowest BCUT2D eigenvalue weighted by Gasteiger charge is -2.21. The van der Waals surface area contributed by atoms with E-state index >= 15 is 0 Å². The van der Waals surface area contributed by atoms with Gasteiger partial charge in [0.25, 0.3) is 0 Å². The van der Waals surface area contributed by atoms with Gasteiger partial charge in [-0.1, -0.05) is 18.6 Å². The maximum atomic E-state index is 10.8. The summed E-state index contributed by atoms with van der Waals surface area (Å²) in [5.74, 6) is -0.901. The standard InChI is InChI=1S/C15H16N2O2S/c18-15(19)11-6-4-10(5-7-11)13-9-20-14(17-13)12-3-1-2-8-16-12/h4-7,9,12,16H,1-3,8H2,(H,18,19). The number of rotatable bonds is 3. The third kappa shape index (κ3) is 2.73. The number of thiazole rings is 1. The van der Waals surface area contributed by atoms with Gasteiger partial charge in [-0.3, -0.25) is 0 Å². The zero-order chi connectivity index (χ0) is 13.9. The van der Waals surface area contributed by atoms with Crippen LogP contribution in [0.1, 0.15) is 40.7 Å². The number of benzene rings is 1. The summed E-state index contributed by atoms with van der Waals surface area (Å²) >= 11 is 1.67. The van der Waals surface area contributed by atoms with Crippen LogP contribution in [0.2, 0.25) is 0 Å². The Balaban J connectivity index is 1.80. The summed E-state index contributed by atoms with van der Waals surface area (Å²) in [6.45, 7) is 1.06. The van der Waals surface area contributed by atoms with Crippen molar-refractivity contribution in [2.45, 2.75) is 25.3 Å². The second kappa shape index (κ2) is 5.73. The Kier molecular flexibility index (Phi) is 3.80. The van der Waals surface area contributed by atoms with E-state index in [4.69, 9.17) is 5.11 Å². The zero-order valence-corrected chi connectivity index (χ0v) is 11.8. The molecule has 20 heavy (non-hydrogen) atoms. The van der Waals surface area contributed by atoms with Gasteiger partial charge in [0.15, 0.2) is 0 Å². The number of nitrogens with zero attached hydrogens (tertiary/aromatic N) is 1. The molecule has 0 saturated carbocycles. The lowest BCUT2D eigenvalue weighted by molar-refractivity contribution is 0.0697. The fraction of sp³-hybridized carbons (Fsp3) is 0.333. The summed E-state index contributed by atoms with van der Waals surface area (Å²) in [5.41, 5.74) is 2.20. The van der Waals surface area contributed by atoms with Gasteiger partial charge in [-0.15, -0.1) is 11.3 Å². The van der Waals surface area contributed by atoms with E-state index in [2.05, 4.69) is 10.3 Å². The molecule has 0 spiro atoms. The van der Waals surface area contributed by atoms with Gasteiger partial charge in [-0.05, 0) is 31.5 Å². The van der Waals surface area contributed by atoms with E-state index in [9.17, 15) is 4.79 Å². The monoisotopic (exact) mass is 288 g/mol. The molecule has 1 aliphatic rings. The Morgan fingerprint density at radius 2 is 2.10 bits per heavy atom. The molecule has 0 amide bonds. The van der Waals surface area contributed by atoms with E-state index in [1.165, 1.54) is 12.8 Å². The summed E-state index contributed by atoms with van der Waals surface area (Å²) in [7, 11) is 0. The minimum Gasteiger partial charge on any atom is -0.478 e. The van der Waals surface area contributed by atoms with E-state index in [-0.39, 0.29) is 0 Å². The van der Waals surface area contributed by atoms with E-state index in [0.717, 1.165) is 29.2 Å². The number of aromatic nitrogens is 1. The van der Waals surface area contributed by atoms with Crippen LogP contribution < -0.4 is 5.32 Å². The molecule has 1 aliphatic heterocycles. The molecule has 0 bridgehead atoms. The number of hydrogen-bond acceptors (Lipinski definition) is 4. The van der Waals surface area contributed by atoms with Gasteiger partial charge in [0.1, 0.15) is 5.01 Å². The molecule has 0 aliphatic carbocycles. The Morgan fingerprint density at radius 1 is 1.30 bits per heavy atom. The van der Waals surface area contributed by atoms with Crippen molar-refractivity contribution in [1.82, 2.24) is 10.3 Å². The molecule has 0 radical (unpaired) electrons. The minimum atomic E-state index is -0.901. The smallest absolute Gasteiger partial charge is 0.335 e. The number of carbonyl (C=O) groups is 1. The van der Waals surface area contributed by atoms with Crippen molar-refractivity contribution in [3.05, 3.63) is 40.2 Å². The fourth-order valence-electron chi connectivity index (χ4n) is 2.43. The first-order valence-corrected chi connectivity index (χ1v) is 7.64. The molecule has 1 fully saturated rings. The Morgan fingerprint density at radius 3 is 2.75 bits per heavy atom. The van der Waals surface area contributed by atoms with Crippen LogP contribution in [0.4, 0.5) is 0 Å². The zero-order valence-electron chi connectivity index (χ0n) is 11.0. The highest BCUT2D eigenvalue weighted by Gasteiger charge is 2.18. The van der Waals surface area contributed by atoms with Crippen LogP contribution in [0, 0.1) is 0 Å². The maximum Gasteiger partial charge on any atom is 0.335 e. The number of aromatic carboxylic acids is 1. The number of hydrogen-bond donors (Lipinski definition) is 2. The van der Waals surface area contributed by atoms with E-state index in [1.807, 2.05) is 17.5 Å². The summed E-state index contributed by atoms with van der Waals surface area (Å²) < 4.78 is 0. The van der Waals surface area contributed by atoms with Crippen LogP contribution in [0.3, 0.4) is 0 Å². The first kappa shape index (κ1) is 13.3. The van der Waals surface area contributed by atoms with Crippen LogP contribution >= 0.6 is 11.3 Å². The van der Waals surface area contributed by atoms with Crippen molar-refractivity contribution in [3.63, 3.8) is 0 Å². The quantitative estimate of drug-likeness (QED) is 0.909. The second-order valence-corrected chi connectivity index (χ2v) is 5.85. The SMILES string of the molecule is O=C(O)c1ccc(-c2csc(C3CCCCN3)n2)cc1. The second-order valence-electron chi connectivity index (χ2n) is 4.96. The molecule has 4 nitrogen and oxygen atoms in total. The fourth-order valence-corrected chi connectivity index (χ4v) is 3.36. The van der Waals surface area contributed by atoms with Crippen molar-refractivity contribution in [3.8, 4) is 11.3 Å². The minimum absolute atomic E-state index is 0.304. The van der Waals surface area contributed by atoms with Crippen LogP contribution in [0.5, 0.6) is 0 Å². The molecular weight excluding hydrogens is 272 g/mol. The summed E-state index contributed by atoms with van der Waals surface area (Å²) in [5, 5.41) is 15.6. The Bertz CT molecular complexity index is 601. The molecule has 104 valence electrons. The number of piperidine rings is 1. The molecule has 2 heterocycles. The van der Waals surface area contributed by atoms with Crippen LogP contribution in [-0.4, -0.2) is 22.6 Å². The van der Waals surface area contributed by atoms with Gasteiger partial charge in [0.05, 0.1) is 17.3 Å². The van der Waals surface area contributed by atoms with Gasteiger partial charge in [0, 0.05) is 10.9 Å². The van der Waals surface area contributed by atoms with Crippen LogP contribution in [0.15, 0.2) is 29.6 Å². The highest BCUT2D eigenvalue weighted by atomic mass is 32.1. The third-order valence-corrected chi connectivity index (χ3v) is 4.52. The third-order valence-electron chi connectivity index (χ3n) is 3.56. The molecule has 1 unspecified atom stereocenters. The van der Waals surface area contributed by atoms with Crippen molar-refractivity contribution < 1.29 is 9.90 Å². The molecule has 1 saturated heterocycles. The van der Waals surface area contributed by atoms with Crippen molar-refractivity contribution in [2.24, 2.45) is 0 Å². The maximum absolute atomic E-state index is 10.8. The molecule has 1 aromatic carbocycles. The van der Waals surface area contributed by atoms with Crippen LogP contribution in [-0.2, 0) is 0 Å². The lowest BCUT2D eigenvalue weighted by Crippen LogP contribution is -2.26. The van der Waals surface area contributed by atoms with Crippen LogP contribution in [0.25, 0.3) is 11.3 Å². The molecule has 1 aromatic heterocycles. The normalized spacial score (nSPS) is 18.9. The Labute approximate surface area is 121 Å². The molecule has 3 rings (SSSR count). The molecule has 5 heteroatoms. The van der Waals surface area contributed by atoms with Crippen molar-refractivity contribution >= 4 is 17.3 Å². The lowest BCUT2D eigenvalue weighted by atomic mass is 10.1. The van der Waals surface area contributed by atoms with Gasteiger partial charge in [-0.25, -0.2) is 9.78 Å². The van der Waals surface area contributed by atoms with Gasteiger partial charge < -0.3 is 10.4 Å². The predicted molar refractivity (Wildman–Crippen MR) is 79.1 cm³/mol. The first-order chi connectivity index (χ1) is 9.74. The predicted octanol–water partition coefficient (Wildman–Crippen LogP) is 3.32. The van der Waals surface area contributed by atoms with E-state index in [1.54, 1.807) is 23.5 Å². The van der Waals surface area contributed by atoms with Gasteiger partial charge in [-0.2, -0.15) is 0 Å². The Hall–Kier alpha value is -1.72. The molecular formula is C15H16N2O2S. The van der Waals surface area contributed by atoms with Gasteiger partial charge >= 0.3 is 5.97 Å². The van der Waals surface area contributed by atoms with E-state index in [0.29, 0.717) is 11.6 Å². The number of carboxylic acids is 1. The first-order valence-electron chi connectivity index (χ1n) is 6.76. The average Bonchev–Trinajstić information content (AvgIpc) is 2.98. The molecule has 2 N–H and O–H groups in total. The highest BCUT2D eigenvalue weighted by Crippen LogP contribution is 2.29. The topological polar surface area (TPSA) is 62.2 Å². The number of nitrogens with one attached hydrogen (secondary N) is 1. The number of carboxylic acid groups (broad SMARTS) is 1.